The van der Waals surface area contributed by atoms with Crippen LogP contribution >= 0.6 is 0 Å². The number of imide groups is 1. The number of rotatable bonds is 2. The van der Waals surface area contributed by atoms with Gasteiger partial charge in [-0.15, -0.1) is 0 Å². The summed E-state index contributed by atoms with van der Waals surface area (Å²) in [5.74, 6) is -0.863. The SMILES string of the molecule is CC1NNC(C)C1N1C(=O)c2cccc3cc([N+](=O)[O-])cc(c23)C1=O. The van der Waals surface area contributed by atoms with Gasteiger partial charge in [-0.3, -0.25) is 35.5 Å². The molecule has 0 radical (unpaired) electrons. The number of nitro benzene ring substituents is 1. The lowest BCUT2D eigenvalue weighted by Crippen LogP contribution is -2.54. The van der Waals surface area contributed by atoms with Gasteiger partial charge in [0.25, 0.3) is 17.5 Å². The van der Waals surface area contributed by atoms with E-state index in [2.05, 4.69) is 10.9 Å². The molecule has 2 aliphatic heterocycles. The molecule has 2 heterocycles. The van der Waals surface area contributed by atoms with Crippen LogP contribution in [0.1, 0.15) is 34.6 Å². The van der Waals surface area contributed by atoms with Crippen molar-refractivity contribution in [2.75, 3.05) is 0 Å². The van der Waals surface area contributed by atoms with Crippen LogP contribution in [-0.2, 0) is 0 Å². The maximum Gasteiger partial charge on any atom is 0.270 e. The summed E-state index contributed by atoms with van der Waals surface area (Å²) in [6.07, 6.45) is 0. The molecule has 8 heteroatoms. The molecule has 0 bridgehead atoms. The van der Waals surface area contributed by atoms with E-state index in [0.717, 1.165) is 0 Å². The molecule has 0 aromatic heterocycles. The molecule has 2 aliphatic rings. The van der Waals surface area contributed by atoms with E-state index in [9.17, 15) is 19.7 Å². The molecule has 25 heavy (non-hydrogen) atoms. The van der Waals surface area contributed by atoms with Crippen LogP contribution in [0.2, 0.25) is 0 Å². The Morgan fingerprint density at radius 3 is 2.32 bits per heavy atom. The average molecular weight is 340 g/mol. The Morgan fingerprint density at radius 2 is 1.68 bits per heavy atom. The second-order valence-corrected chi connectivity index (χ2v) is 6.49. The maximum absolute atomic E-state index is 13.1. The zero-order valence-corrected chi connectivity index (χ0v) is 13.6. The van der Waals surface area contributed by atoms with Crippen molar-refractivity contribution in [1.29, 1.82) is 0 Å². The average Bonchev–Trinajstić information content (AvgIpc) is 2.91. The molecule has 2 atom stereocenters. The van der Waals surface area contributed by atoms with Gasteiger partial charge >= 0.3 is 0 Å². The minimum Gasteiger partial charge on any atom is -0.269 e. The number of benzene rings is 2. The van der Waals surface area contributed by atoms with Gasteiger partial charge in [0, 0.05) is 35.2 Å². The third-order valence-corrected chi connectivity index (χ3v) is 4.93. The monoisotopic (exact) mass is 340 g/mol. The maximum atomic E-state index is 13.1. The summed E-state index contributed by atoms with van der Waals surface area (Å²) < 4.78 is 0. The lowest BCUT2D eigenvalue weighted by atomic mass is 9.91. The standard InChI is InChI=1S/C17H16N4O4/c1-8-15(9(2)19-18-8)20-16(22)12-5-3-4-10-6-11(21(24)25)7-13(14(10)12)17(20)23/h3-9,15,18-19H,1-2H3. The molecular formula is C17H16N4O4. The van der Waals surface area contributed by atoms with E-state index in [-0.39, 0.29) is 35.3 Å². The Hall–Kier alpha value is -2.84. The van der Waals surface area contributed by atoms with Crippen LogP contribution in [0.4, 0.5) is 5.69 Å². The van der Waals surface area contributed by atoms with Crippen LogP contribution < -0.4 is 10.9 Å². The van der Waals surface area contributed by atoms with E-state index in [1.165, 1.54) is 17.0 Å². The summed E-state index contributed by atoms with van der Waals surface area (Å²) in [5, 5.41) is 12.2. The molecule has 2 aromatic rings. The van der Waals surface area contributed by atoms with Gasteiger partial charge in [-0.1, -0.05) is 12.1 Å². The molecule has 4 rings (SSSR count). The predicted molar refractivity (Wildman–Crippen MR) is 90.1 cm³/mol. The number of hydrogen-bond acceptors (Lipinski definition) is 6. The Labute approximate surface area is 142 Å². The highest BCUT2D eigenvalue weighted by atomic mass is 16.6. The number of amides is 2. The summed E-state index contributed by atoms with van der Waals surface area (Å²) in [5.41, 5.74) is 6.50. The van der Waals surface area contributed by atoms with E-state index in [0.29, 0.717) is 16.3 Å². The number of hydrogen-bond donors (Lipinski definition) is 2. The third kappa shape index (κ3) is 2.15. The van der Waals surface area contributed by atoms with Gasteiger partial charge in [0.2, 0.25) is 0 Å². The van der Waals surface area contributed by atoms with Crippen molar-refractivity contribution < 1.29 is 14.5 Å². The molecule has 0 spiro atoms. The number of non-ortho nitro benzene ring substituents is 1. The molecule has 1 fully saturated rings. The van der Waals surface area contributed by atoms with E-state index in [1.54, 1.807) is 18.2 Å². The van der Waals surface area contributed by atoms with E-state index in [1.807, 2.05) is 13.8 Å². The van der Waals surface area contributed by atoms with E-state index < -0.39 is 10.8 Å². The number of carbonyl (C=O) groups excluding carboxylic acids is 2. The summed E-state index contributed by atoms with van der Waals surface area (Å²) in [7, 11) is 0. The molecule has 2 aromatic carbocycles. The topological polar surface area (TPSA) is 105 Å². The second-order valence-electron chi connectivity index (χ2n) is 6.49. The van der Waals surface area contributed by atoms with Gasteiger partial charge in [-0.05, 0) is 25.3 Å². The fourth-order valence-corrected chi connectivity index (χ4v) is 3.80. The van der Waals surface area contributed by atoms with Crippen LogP contribution in [0.5, 0.6) is 0 Å². The smallest absolute Gasteiger partial charge is 0.269 e. The van der Waals surface area contributed by atoms with Crippen molar-refractivity contribution in [1.82, 2.24) is 15.8 Å². The lowest BCUT2D eigenvalue weighted by molar-refractivity contribution is -0.384. The van der Waals surface area contributed by atoms with Crippen LogP contribution in [0, 0.1) is 10.1 Å². The molecule has 2 amide bonds. The highest BCUT2D eigenvalue weighted by Gasteiger charge is 2.44. The first kappa shape index (κ1) is 15.7. The molecule has 1 saturated heterocycles. The molecule has 0 aliphatic carbocycles. The van der Waals surface area contributed by atoms with Gasteiger partial charge in [0.05, 0.1) is 16.5 Å². The van der Waals surface area contributed by atoms with Crippen molar-refractivity contribution in [3.63, 3.8) is 0 Å². The van der Waals surface area contributed by atoms with Gasteiger partial charge < -0.3 is 0 Å². The van der Waals surface area contributed by atoms with Crippen LogP contribution in [0.15, 0.2) is 30.3 Å². The highest BCUT2D eigenvalue weighted by molar-refractivity contribution is 6.26. The van der Waals surface area contributed by atoms with Crippen LogP contribution in [0.25, 0.3) is 10.8 Å². The van der Waals surface area contributed by atoms with Gasteiger partial charge in [0.15, 0.2) is 0 Å². The molecule has 2 unspecified atom stereocenters. The van der Waals surface area contributed by atoms with Crippen molar-refractivity contribution in [3.05, 3.63) is 51.6 Å². The Morgan fingerprint density at radius 1 is 1.04 bits per heavy atom. The summed E-state index contributed by atoms with van der Waals surface area (Å²) in [4.78, 5) is 38.0. The van der Waals surface area contributed by atoms with Crippen LogP contribution in [0.3, 0.4) is 0 Å². The second kappa shape index (κ2) is 5.33. The summed E-state index contributed by atoms with van der Waals surface area (Å²) in [6.45, 7) is 3.76. The Bertz CT molecular complexity index is 932. The summed E-state index contributed by atoms with van der Waals surface area (Å²) in [6, 6.07) is 7.00. The predicted octanol–water partition coefficient (Wildman–Crippen LogP) is 1.60. The number of nitrogens with one attached hydrogen (secondary N) is 2. The fraction of sp³-hybridized carbons (Fsp3) is 0.294. The van der Waals surface area contributed by atoms with Crippen LogP contribution in [-0.4, -0.2) is 39.8 Å². The van der Waals surface area contributed by atoms with Crippen molar-refractivity contribution in [2.24, 2.45) is 0 Å². The molecule has 128 valence electrons. The van der Waals surface area contributed by atoms with Gasteiger partial charge in [-0.2, -0.15) is 0 Å². The van der Waals surface area contributed by atoms with Gasteiger partial charge in [0.1, 0.15) is 0 Å². The lowest BCUT2D eigenvalue weighted by Gasteiger charge is -2.34. The van der Waals surface area contributed by atoms with Crippen molar-refractivity contribution >= 4 is 28.3 Å². The van der Waals surface area contributed by atoms with Gasteiger partial charge in [-0.25, -0.2) is 0 Å². The molecule has 0 saturated carbocycles. The first-order valence-corrected chi connectivity index (χ1v) is 8.00. The Balaban J connectivity index is 1.96. The third-order valence-electron chi connectivity index (χ3n) is 4.93. The normalized spacial score (nSPS) is 25.7. The number of nitrogens with zero attached hydrogens (tertiary/aromatic N) is 2. The van der Waals surface area contributed by atoms with E-state index >= 15 is 0 Å². The first-order valence-electron chi connectivity index (χ1n) is 8.00. The largest absolute Gasteiger partial charge is 0.270 e. The minimum absolute atomic E-state index is 0.137. The minimum atomic E-state index is -0.527. The molecular weight excluding hydrogens is 324 g/mol. The number of carbonyl (C=O) groups is 2. The summed E-state index contributed by atoms with van der Waals surface area (Å²) >= 11 is 0. The van der Waals surface area contributed by atoms with E-state index in [4.69, 9.17) is 0 Å². The molecule has 8 nitrogen and oxygen atoms in total. The zero-order chi connectivity index (χ0) is 17.9. The number of nitro groups is 1. The quantitative estimate of drug-likeness (QED) is 0.489. The highest BCUT2D eigenvalue weighted by Crippen LogP contribution is 2.35. The van der Waals surface area contributed by atoms with Crippen molar-refractivity contribution in [3.8, 4) is 0 Å². The van der Waals surface area contributed by atoms with Crippen molar-refractivity contribution in [2.45, 2.75) is 32.0 Å². The Kier molecular flexibility index (Phi) is 3.34. The first-order chi connectivity index (χ1) is 11.9. The fourth-order valence-electron chi connectivity index (χ4n) is 3.80. The number of hydrazine groups is 1. The zero-order valence-electron chi connectivity index (χ0n) is 13.6. The molecule has 2 N–H and O–H groups in total.